The number of rotatable bonds is 16. The van der Waals surface area contributed by atoms with Crippen LogP contribution in [0, 0.1) is 0 Å². The normalized spacial score (nSPS) is 11.7. The second-order valence-electron chi connectivity index (χ2n) is 9.31. The molecule has 0 aliphatic heterocycles. The van der Waals surface area contributed by atoms with Gasteiger partial charge in [-0.05, 0) is 57.7 Å². The van der Waals surface area contributed by atoms with Crippen LogP contribution in [0.25, 0.3) is 11.1 Å². The zero-order chi connectivity index (χ0) is 27.8. The van der Waals surface area contributed by atoms with Gasteiger partial charge < -0.3 is 31.6 Å². The summed E-state index contributed by atoms with van der Waals surface area (Å²) in [6.07, 6.45) is 0. The van der Waals surface area contributed by atoms with Gasteiger partial charge in [0.1, 0.15) is 24.7 Å². The van der Waals surface area contributed by atoms with Crippen molar-refractivity contribution >= 4 is 11.1 Å². The Kier molecular flexibility index (Phi) is 11.8. The number of hydrogen-bond donors (Lipinski definition) is 4. The summed E-state index contributed by atoms with van der Waals surface area (Å²) in [6, 6.07) is 37.8. The standard InChI is InChI=1S/C34H40N4O2/c35-19-21-37-23-25-39-31-15-11-29(12-16-31)33(27-7-3-1-4-8-27)34(28-9-5-2-6-10-28)30-13-17-32(18-14-30)40-26-24-38-22-20-36/h1-18,37-38H,19-26,35-36H2/b34-33-. The summed E-state index contributed by atoms with van der Waals surface area (Å²) < 4.78 is 11.9. The van der Waals surface area contributed by atoms with Crippen LogP contribution in [0.1, 0.15) is 22.3 Å². The Labute approximate surface area is 238 Å². The van der Waals surface area contributed by atoms with Crippen molar-refractivity contribution in [3.63, 3.8) is 0 Å². The van der Waals surface area contributed by atoms with E-state index >= 15 is 0 Å². The van der Waals surface area contributed by atoms with Crippen LogP contribution in [-0.2, 0) is 0 Å². The largest absolute Gasteiger partial charge is 0.492 e. The molecule has 0 unspecified atom stereocenters. The molecule has 0 fully saturated rings. The first-order valence-corrected chi connectivity index (χ1v) is 13.9. The minimum absolute atomic E-state index is 0.591. The van der Waals surface area contributed by atoms with Crippen LogP contribution in [0.5, 0.6) is 11.5 Å². The second kappa shape index (κ2) is 16.2. The van der Waals surface area contributed by atoms with Crippen molar-refractivity contribution in [2.24, 2.45) is 11.5 Å². The second-order valence-corrected chi connectivity index (χ2v) is 9.31. The molecule has 0 amide bonds. The molecule has 0 heterocycles. The van der Waals surface area contributed by atoms with Gasteiger partial charge in [0.05, 0.1) is 0 Å². The molecule has 0 aliphatic carbocycles. The zero-order valence-corrected chi connectivity index (χ0v) is 23.0. The van der Waals surface area contributed by atoms with Crippen molar-refractivity contribution in [1.82, 2.24) is 10.6 Å². The average Bonchev–Trinajstić information content (AvgIpc) is 3.01. The highest BCUT2D eigenvalue weighted by atomic mass is 16.5. The van der Waals surface area contributed by atoms with Gasteiger partial charge in [-0.2, -0.15) is 0 Å². The summed E-state index contributed by atoms with van der Waals surface area (Å²) in [4.78, 5) is 0. The third-order valence-electron chi connectivity index (χ3n) is 6.40. The van der Waals surface area contributed by atoms with Crippen LogP contribution in [0.15, 0.2) is 109 Å². The van der Waals surface area contributed by atoms with E-state index in [-0.39, 0.29) is 0 Å². The molecule has 40 heavy (non-hydrogen) atoms. The van der Waals surface area contributed by atoms with E-state index in [0.29, 0.717) is 26.3 Å². The topological polar surface area (TPSA) is 94.6 Å². The van der Waals surface area contributed by atoms with Crippen LogP contribution in [0.3, 0.4) is 0 Å². The summed E-state index contributed by atoms with van der Waals surface area (Å²) in [6.45, 7) is 5.52. The summed E-state index contributed by atoms with van der Waals surface area (Å²) in [7, 11) is 0. The number of benzene rings is 4. The Morgan fingerprint density at radius 3 is 1.15 bits per heavy atom. The number of ether oxygens (including phenoxy) is 2. The van der Waals surface area contributed by atoms with E-state index in [1.807, 2.05) is 36.4 Å². The molecule has 0 aliphatic rings. The lowest BCUT2D eigenvalue weighted by atomic mass is 9.86. The number of hydrogen-bond acceptors (Lipinski definition) is 6. The van der Waals surface area contributed by atoms with E-state index in [4.69, 9.17) is 20.9 Å². The molecule has 4 rings (SSSR count). The molecule has 6 N–H and O–H groups in total. The molecule has 4 aromatic carbocycles. The van der Waals surface area contributed by atoms with Crippen LogP contribution in [-0.4, -0.2) is 52.5 Å². The molecule has 6 nitrogen and oxygen atoms in total. The van der Waals surface area contributed by atoms with Gasteiger partial charge in [0, 0.05) is 39.3 Å². The van der Waals surface area contributed by atoms with Gasteiger partial charge in [-0.1, -0.05) is 84.9 Å². The van der Waals surface area contributed by atoms with E-state index in [1.54, 1.807) is 0 Å². The van der Waals surface area contributed by atoms with Crippen molar-refractivity contribution in [2.45, 2.75) is 0 Å². The van der Waals surface area contributed by atoms with Gasteiger partial charge in [0.25, 0.3) is 0 Å². The average molecular weight is 537 g/mol. The molecule has 0 atom stereocenters. The molecule has 208 valence electrons. The van der Waals surface area contributed by atoms with Gasteiger partial charge >= 0.3 is 0 Å². The Bertz CT molecular complexity index is 1190. The lowest BCUT2D eigenvalue weighted by Crippen LogP contribution is -2.26. The maximum Gasteiger partial charge on any atom is 0.119 e. The Morgan fingerprint density at radius 1 is 0.450 bits per heavy atom. The quantitative estimate of drug-likeness (QED) is 0.124. The van der Waals surface area contributed by atoms with Crippen molar-refractivity contribution in [1.29, 1.82) is 0 Å². The van der Waals surface area contributed by atoms with Gasteiger partial charge in [-0.25, -0.2) is 0 Å². The van der Waals surface area contributed by atoms with Crippen LogP contribution >= 0.6 is 0 Å². The molecule has 0 bridgehead atoms. The first kappa shape index (κ1) is 29.1. The molecule has 0 radical (unpaired) electrons. The maximum absolute atomic E-state index is 5.95. The summed E-state index contributed by atoms with van der Waals surface area (Å²) >= 11 is 0. The third kappa shape index (κ3) is 8.53. The summed E-state index contributed by atoms with van der Waals surface area (Å²) in [5, 5.41) is 6.51. The van der Waals surface area contributed by atoms with Crippen molar-refractivity contribution in [2.75, 3.05) is 52.5 Å². The molecule has 0 spiro atoms. The van der Waals surface area contributed by atoms with Gasteiger partial charge in [0.2, 0.25) is 0 Å². The Balaban J connectivity index is 1.69. The van der Waals surface area contributed by atoms with E-state index < -0.39 is 0 Å². The summed E-state index contributed by atoms with van der Waals surface area (Å²) in [5.74, 6) is 1.68. The van der Waals surface area contributed by atoms with Crippen molar-refractivity contribution in [3.8, 4) is 11.5 Å². The maximum atomic E-state index is 5.95. The first-order chi connectivity index (χ1) is 19.8. The SMILES string of the molecule is NCCNCCOc1ccc(/C(=C(/c2ccccc2)c2ccc(OCCNCCN)cc2)c2ccccc2)cc1. The third-order valence-corrected chi connectivity index (χ3v) is 6.40. The van der Waals surface area contributed by atoms with Crippen molar-refractivity contribution in [3.05, 3.63) is 131 Å². The van der Waals surface area contributed by atoms with E-state index in [0.717, 1.165) is 71.1 Å². The van der Waals surface area contributed by atoms with Crippen LogP contribution in [0.4, 0.5) is 0 Å². The first-order valence-electron chi connectivity index (χ1n) is 13.9. The monoisotopic (exact) mass is 536 g/mol. The Morgan fingerprint density at radius 2 is 0.800 bits per heavy atom. The van der Waals surface area contributed by atoms with E-state index in [1.165, 1.54) is 0 Å². The molecule has 6 heteroatoms. The Hall–Kier alpha value is -3.94. The van der Waals surface area contributed by atoms with Gasteiger partial charge in [-0.3, -0.25) is 0 Å². The minimum Gasteiger partial charge on any atom is -0.492 e. The van der Waals surface area contributed by atoms with E-state index in [9.17, 15) is 0 Å². The van der Waals surface area contributed by atoms with Crippen LogP contribution < -0.4 is 31.6 Å². The molecule has 0 saturated heterocycles. The molecule has 0 saturated carbocycles. The summed E-state index contributed by atoms with van der Waals surface area (Å²) in [5.41, 5.74) is 17.9. The highest BCUT2D eigenvalue weighted by Crippen LogP contribution is 2.37. The number of nitrogens with two attached hydrogens (primary N) is 2. The lowest BCUT2D eigenvalue weighted by Gasteiger charge is -2.19. The molecular formula is C34H40N4O2. The molecule has 4 aromatic rings. The van der Waals surface area contributed by atoms with Gasteiger partial charge in [0.15, 0.2) is 0 Å². The predicted molar refractivity (Wildman–Crippen MR) is 166 cm³/mol. The predicted octanol–water partition coefficient (Wildman–Crippen LogP) is 4.55. The smallest absolute Gasteiger partial charge is 0.119 e. The molecular weight excluding hydrogens is 496 g/mol. The lowest BCUT2D eigenvalue weighted by molar-refractivity contribution is 0.314. The highest BCUT2D eigenvalue weighted by molar-refractivity contribution is 6.04. The fourth-order valence-electron chi connectivity index (χ4n) is 4.49. The highest BCUT2D eigenvalue weighted by Gasteiger charge is 2.16. The minimum atomic E-state index is 0.591. The molecule has 0 aromatic heterocycles. The fraction of sp³-hybridized carbons (Fsp3) is 0.235. The van der Waals surface area contributed by atoms with Crippen LogP contribution in [0.2, 0.25) is 0 Å². The van der Waals surface area contributed by atoms with E-state index in [2.05, 4.69) is 83.4 Å². The fourth-order valence-corrected chi connectivity index (χ4v) is 4.49. The van der Waals surface area contributed by atoms with Crippen molar-refractivity contribution < 1.29 is 9.47 Å². The zero-order valence-electron chi connectivity index (χ0n) is 23.0. The number of nitrogens with one attached hydrogen (secondary N) is 2. The van der Waals surface area contributed by atoms with Gasteiger partial charge in [-0.15, -0.1) is 0 Å².